The molecule has 2 unspecified atom stereocenters. The second-order valence-corrected chi connectivity index (χ2v) is 5.04. The summed E-state index contributed by atoms with van der Waals surface area (Å²) in [4.78, 5) is 0. The number of nitrogens with one attached hydrogen (secondary N) is 1. The summed E-state index contributed by atoms with van der Waals surface area (Å²) in [7, 11) is 0. The van der Waals surface area contributed by atoms with E-state index in [2.05, 4.69) is 19.2 Å². The number of ether oxygens (including phenoxy) is 2. The monoisotopic (exact) mass is 243 g/mol. The van der Waals surface area contributed by atoms with Gasteiger partial charge in [0.25, 0.3) is 0 Å². The second kappa shape index (κ2) is 9.86. The molecule has 0 aromatic rings. The SMILES string of the molecule is CCCCCNCC(C)OCC1CCCCO1. The van der Waals surface area contributed by atoms with Gasteiger partial charge in [0.2, 0.25) is 0 Å². The van der Waals surface area contributed by atoms with Crippen LogP contribution in [-0.2, 0) is 9.47 Å². The molecule has 1 rings (SSSR count). The summed E-state index contributed by atoms with van der Waals surface area (Å²) in [6, 6.07) is 0. The zero-order valence-electron chi connectivity index (χ0n) is 11.5. The molecule has 1 aliphatic heterocycles. The first kappa shape index (κ1) is 14.9. The fourth-order valence-corrected chi connectivity index (χ4v) is 2.07. The lowest BCUT2D eigenvalue weighted by Crippen LogP contribution is -2.32. The van der Waals surface area contributed by atoms with Gasteiger partial charge in [0, 0.05) is 13.2 Å². The fraction of sp³-hybridized carbons (Fsp3) is 1.00. The minimum Gasteiger partial charge on any atom is -0.376 e. The predicted molar refractivity (Wildman–Crippen MR) is 71.4 cm³/mol. The van der Waals surface area contributed by atoms with E-state index in [1.807, 2.05) is 0 Å². The lowest BCUT2D eigenvalue weighted by Gasteiger charge is -2.24. The third-order valence-electron chi connectivity index (χ3n) is 3.23. The van der Waals surface area contributed by atoms with E-state index in [9.17, 15) is 0 Å². The molecule has 17 heavy (non-hydrogen) atoms. The van der Waals surface area contributed by atoms with Crippen LogP contribution >= 0.6 is 0 Å². The number of rotatable bonds is 9. The van der Waals surface area contributed by atoms with Crippen LogP contribution in [0.15, 0.2) is 0 Å². The van der Waals surface area contributed by atoms with E-state index >= 15 is 0 Å². The number of unbranched alkanes of at least 4 members (excludes halogenated alkanes) is 2. The van der Waals surface area contributed by atoms with Crippen LogP contribution in [0.2, 0.25) is 0 Å². The topological polar surface area (TPSA) is 30.5 Å². The van der Waals surface area contributed by atoms with E-state index in [-0.39, 0.29) is 0 Å². The van der Waals surface area contributed by atoms with Gasteiger partial charge in [-0.15, -0.1) is 0 Å². The van der Waals surface area contributed by atoms with Crippen molar-refractivity contribution in [1.29, 1.82) is 0 Å². The van der Waals surface area contributed by atoms with Crippen LogP contribution in [0, 0.1) is 0 Å². The Morgan fingerprint density at radius 3 is 2.94 bits per heavy atom. The van der Waals surface area contributed by atoms with Crippen molar-refractivity contribution >= 4 is 0 Å². The van der Waals surface area contributed by atoms with E-state index in [4.69, 9.17) is 9.47 Å². The number of hydrogen-bond donors (Lipinski definition) is 1. The van der Waals surface area contributed by atoms with Crippen molar-refractivity contribution in [2.45, 2.75) is 64.6 Å². The van der Waals surface area contributed by atoms with Gasteiger partial charge < -0.3 is 14.8 Å². The highest BCUT2D eigenvalue weighted by Crippen LogP contribution is 2.13. The molecule has 1 aliphatic rings. The standard InChI is InChI=1S/C14H29NO2/c1-3-4-6-9-15-11-13(2)17-12-14-8-5-7-10-16-14/h13-15H,3-12H2,1-2H3. The summed E-state index contributed by atoms with van der Waals surface area (Å²) in [5, 5.41) is 3.44. The molecular weight excluding hydrogens is 214 g/mol. The summed E-state index contributed by atoms with van der Waals surface area (Å²) in [5.41, 5.74) is 0. The molecule has 0 aromatic carbocycles. The van der Waals surface area contributed by atoms with Crippen molar-refractivity contribution in [1.82, 2.24) is 5.32 Å². The summed E-state index contributed by atoms with van der Waals surface area (Å²) in [5.74, 6) is 0. The zero-order chi connectivity index (χ0) is 12.3. The first-order chi connectivity index (χ1) is 8.33. The average molecular weight is 243 g/mol. The Hall–Kier alpha value is -0.120. The molecule has 1 fully saturated rings. The predicted octanol–water partition coefficient (Wildman–Crippen LogP) is 2.74. The molecule has 1 heterocycles. The summed E-state index contributed by atoms with van der Waals surface area (Å²) in [6.07, 6.45) is 8.17. The Morgan fingerprint density at radius 1 is 1.35 bits per heavy atom. The molecule has 0 saturated carbocycles. The van der Waals surface area contributed by atoms with Crippen molar-refractivity contribution in [3.05, 3.63) is 0 Å². The fourth-order valence-electron chi connectivity index (χ4n) is 2.07. The molecule has 0 aromatic heterocycles. The zero-order valence-corrected chi connectivity index (χ0v) is 11.5. The largest absolute Gasteiger partial charge is 0.376 e. The third-order valence-corrected chi connectivity index (χ3v) is 3.23. The van der Waals surface area contributed by atoms with Crippen LogP contribution in [0.5, 0.6) is 0 Å². The Morgan fingerprint density at radius 2 is 2.24 bits per heavy atom. The van der Waals surface area contributed by atoms with E-state index in [0.717, 1.165) is 32.7 Å². The highest BCUT2D eigenvalue weighted by atomic mass is 16.5. The van der Waals surface area contributed by atoms with Gasteiger partial charge in [0.05, 0.1) is 18.8 Å². The van der Waals surface area contributed by atoms with E-state index in [0.29, 0.717) is 12.2 Å². The molecule has 0 bridgehead atoms. The van der Waals surface area contributed by atoms with Gasteiger partial charge >= 0.3 is 0 Å². The van der Waals surface area contributed by atoms with Crippen molar-refractivity contribution in [3.8, 4) is 0 Å². The second-order valence-electron chi connectivity index (χ2n) is 5.04. The van der Waals surface area contributed by atoms with Crippen LogP contribution < -0.4 is 5.32 Å². The van der Waals surface area contributed by atoms with Crippen molar-refractivity contribution in [2.75, 3.05) is 26.3 Å². The van der Waals surface area contributed by atoms with Gasteiger partial charge in [-0.1, -0.05) is 19.8 Å². The molecular formula is C14H29NO2. The average Bonchev–Trinajstić information content (AvgIpc) is 2.37. The Kier molecular flexibility index (Phi) is 8.67. The van der Waals surface area contributed by atoms with Gasteiger partial charge in [0.1, 0.15) is 0 Å². The maximum Gasteiger partial charge on any atom is 0.0808 e. The first-order valence-electron chi connectivity index (χ1n) is 7.27. The summed E-state index contributed by atoms with van der Waals surface area (Å²) in [6.45, 7) is 8.11. The molecule has 2 atom stereocenters. The van der Waals surface area contributed by atoms with Crippen molar-refractivity contribution in [2.24, 2.45) is 0 Å². The van der Waals surface area contributed by atoms with E-state index in [1.54, 1.807) is 0 Å². The minimum absolute atomic E-state index is 0.294. The molecule has 0 amide bonds. The van der Waals surface area contributed by atoms with Gasteiger partial charge in [-0.25, -0.2) is 0 Å². The molecule has 102 valence electrons. The molecule has 1 N–H and O–H groups in total. The van der Waals surface area contributed by atoms with Crippen molar-refractivity contribution in [3.63, 3.8) is 0 Å². The van der Waals surface area contributed by atoms with Crippen LogP contribution in [0.25, 0.3) is 0 Å². The van der Waals surface area contributed by atoms with Crippen molar-refractivity contribution < 1.29 is 9.47 Å². The Bertz CT molecular complexity index is 170. The molecule has 3 nitrogen and oxygen atoms in total. The quantitative estimate of drug-likeness (QED) is 0.632. The van der Waals surface area contributed by atoms with Crippen LogP contribution in [0.4, 0.5) is 0 Å². The lowest BCUT2D eigenvalue weighted by atomic mass is 10.1. The molecule has 0 spiro atoms. The van der Waals surface area contributed by atoms with Crippen LogP contribution in [-0.4, -0.2) is 38.5 Å². The van der Waals surface area contributed by atoms with Gasteiger partial charge in [-0.05, 0) is 39.2 Å². The van der Waals surface area contributed by atoms with Crippen LogP contribution in [0.1, 0.15) is 52.4 Å². The summed E-state index contributed by atoms with van der Waals surface area (Å²) >= 11 is 0. The third kappa shape index (κ3) is 7.74. The lowest BCUT2D eigenvalue weighted by molar-refractivity contribution is -0.0583. The van der Waals surface area contributed by atoms with Gasteiger partial charge in [0.15, 0.2) is 0 Å². The van der Waals surface area contributed by atoms with E-state index < -0.39 is 0 Å². The molecule has 3 heteroatoms. The van der Waals surface area contributed by atoms with Gasteiger partial charge in [-0.2, -0.15) is 0 Å². The normalized spacial score (nSPS) is 22.6. The smallest absolute Gasteiger partial charge is 0.0808 e. The van der Waals surface area contributed by atoms with Crippen LogP contribution in [0.3, 0.4) is 0 Å². The highest BCUT2D eigenvalue weighted by molar-refractivity contribution is 4.64. The minimum atomic E-state index is 0.294. The molecule has 0 radical (unpaired) electrons. The summed E-state index contributed by atoms with van der Waals surface area (Å²) < 4.78 is 11.4. The molecule has 0 aliphatic carbocycles. The maximum atomic E-state index is 5.80. The first-order valence-corrected chi connectivity index (χ1v) is 7.27. The van der Waals surface area contributed by atoms with E-state index in [1.165, 1.54) is 32.1 Å². The highest BCUT2D eigenvalue weighted by Gasteiger charge is 2.14. The Balaban J connectivity index is 1.91. The Labute approximate surface area is 106 Å². The molecule has 1 saturated heterocycles. The number of hydrogen-bond acceptors (Lipinski definition) is 3. The van der Waals surface area contributed by atoms with Gasteiger partial charge in [-0.3, -0.25) is 0 Å². The maximum absolute atomic E-state index is 5.80.